The van der Waals surface area contributed by atoms with E-state index in [1.165, 1.54) is 17.0 Å². The van der Waals surface area contributed by atoms with Crippen molar-refractivity contribution in [2.75, 3.05) is 11.9 Å². The molecule has 1 aliphatic rings. The molecule has 0 aromatic heterocycles. The van der Waals surface area contributed by atoms with Gasteiger partial charge in [-0.1, -0.05) is 66.2 Å². The van der Waals surface area contributed by atoms with E-state index in [2.05, 4.69) is 10.6 Å². The van der Waals surface area contributed by atoms with Gasteiger partial charge in [0.15, 0.2) is 5.78 Å². The maximum atomic E-state index is 14.0. The highest BCUT2D eigenvalue weighted by atomic mass is 35.5. The van der Waals surface area contributed by atoms with Crippen molar-refractivity contribution in [3.8, 4) is 0 Å². The maximum absolute atomic E-state index is 14.0. The molecule has 0 spiro atoms. The molecule has 0 saturated carbocycles. The normalized spacial score (nSPS) is 14.9. The highest BCUT2D eigenvalue weighted by Gasteiger charge is 2.36. The van der Waals surface area contributed by atoms with Crippen LogP contribution in [0, 0.1) is 5.82 Å². The number of Topliss-reactive ketones (excluding diaryl/α,β-unsaturated/α-hetero) is 1. The quantitative estimate of drug-likeness (QED) is 0.209. The van der Waals surface area contributed by atoms with Gasteiger partial charge in [-0.15, -0.1) is 0 Å². The van der Waals surface area contributed by atoms with Crippen LogP contribution in [-0.2, 0) is 27.3 Å². The molecule has 0 unspecified atom stereocenters. The molecule has 3 aromatic rings. The van der Waals surface area contributed by atoms with Gasteiger partial charge in [-0.25, -0.2) is 4.39 Å². The number of nitrogens with zero attached hydrogens (tertiary/aromatic N) is 1. The van der Waals surface area contributed by atoms with E-state index in [-0.39, 0.29) is 48.2 Å². The molecule has 0 fully saturated rings. The van der Waals surface area contributed by atoms with Crippen LogP contribution in [0.4, 0.5) is 10.1 Å². The van der Waals surface area contributed by atoms with Crippen molar-refractivity contribution in [2.45, 2.75) is 57.2 Å². The molecular formula is C32H34ClFN4O4. The average Bonchev–Trinajstić information content (AvgIpc) is 3.00. The summed E-state index contributed by atoms with van der Waals surface area (Å²) < 4.78 is 14.0. The lowest BCUT2D eigenvalue weighted by Gasteiger charge is -2.37. The molecule has 0 saturated heterocycles. The number of rotatable bonds is 12. The summed E-state index contributed by atoms with van der Waals surface area (Å²) in [6, 6.07) is 18.4. The van der Waals surface area contributed by atoms with Crippen molar-refractivity contribution in [1.82, 2.24) is 10.2 Å². The first-order valence-corrected chi connectivity index (χ1v) is 14.4. The van der Waals surface area contributed by atoms with E-state index < -0.39 is 29.7 Å². The van der Waals surface area contributed by atoms with Crippen molar-refractivity contribution in [1.29, 1.82) is 0 Å². The number of fused-ring (bicyclic) bond motifs is 1. The van der Waals surface area contributed by atoms with E-state index >= 15 is 0 Å². The van der Waals surface area contributed by atoms with Crippen LogP contribution in [0.2, 0.25) is 5.02 Å². The Labute approximate surface area is 249 Å². The zero-order chi connectivity index (χ0) is 30.1. The summed E-state index contributed by atoms with van der Waals surface area (Å²) >= 11 is 5.76. The van der Waals surface area contributed by atoms with Crippen LogP contribution in [-0.4, -0.2) is 47.0 Å². The number of halogens is 2. The molecule has 1 heterocycles. The monoisotopic (exact) mass is 592 g/mol. The summed E-state index contributed by atoms with van der Waals surface area (Å²) in [6.07, 6.45) is 1.74. The molecule has 2 atom stereocenters. The van der Waals surface area contributed by atoms with E-state index in [0.717, 1.165) is 17.2 Å². The number of carbonyl (C=O) groups excluding carboxylic acids is 4. The Bertz CT molecular complexity index is 1440. The zero-order valence-corrected chi connectivity index (χ0v) is 23.9. The molecule has 8 nitrogen and oxygen atoms in total. The van der Waals surface area contributed by atoms with Gasteiger partial charge in [0.05, 0.1) is 5.02 Å². The summed E-state index contributed by atoms with van der Waals surface area (Å²) in [4.78, 5) is 54.5. The van der Waals surface area contributed by atoms with Gasteiger partial charge in [-0.3, -0.25) is 19.2 Å². The summed E-state index contributed by atoms with van der Waals surface area (Å²) in [5.74, 6) is -2.17. The van der Waals surface area contributed by atoms with Crippen LogP contribution in [0.25, 0.3) is 0 Å². The lowest BCUT2D eigenvalue weighted by atomic mass is 9.92. The fraction of sp³-hybridized carbons (Fsp3) is 0.312. The van der Waals surface area contributed by atoms with Gasteiger partial charge < -0.3 is 21.3 Å². The molecule has 3 aromatic carbocycles. The van der Waals surface area contributed by atoms with Crippen molar-refractivity contribution < 1.29 is 23.6 Å². The minimum Gasteiger partial charge on any atom is -0.342 e. The van der Waals surface area contributed by atoms with Crippen LogP contribution in [0.1, 0.15) is 53.6 Å². The van der Waals surface area contributed by atoms with Crippen LogP contribution >= 0.6 is 11.6 Å². The number of hydrogen-bond donors (Lipinski definition) is 3. The predicted octanol–water partition coefficient (Wildman–Crippen LogP) is 4.65. The molecule has 3 amide bonds. The standard InChI is InChI=1S/C32H34ClFN4O4/c33-25-14-13-24(19-26(25)34)36-31(41)27(12-6-7-17-35)37-32(42)28-18-22-10-4-5-11-23(22)20-38(28)30(40)16-15-29(39)21-8-2-1-3-9-21/h1-5,8-11,13-14,19,27-28H,6-7,12,15-18,20,35H2,(H,36,41)(H,37,42)/t27-,28-/m0/s1. The Hall–Kier alpha value is -4.08. The molecule has 42 heavy (non-hydrogen) atoms. The van der Waals surface area contributed by atoms with Crippen LogP contribution in [0.5, 0.6) is 0 Å². The fourth-order valence-electron chi connectivity index (χ4n) is 4.98. The molecule has 4 N–H and O–H groups in total. The second-order valence-corrected chi connectivity index (χ2v) is 10.7. The largest absolute Gasteiger partial charge is 0.342 e. The Morgan fingerprint density at radius 1 is 0.952 bits per heavy atom. The number of unbranched alkanes of at least 4 members (excludes halogenated alkanes) is 1. The zero-order valence-electron chi connectivity index (χ0n) is 23.2. The molecule has 220 valence electrons. The number of carbonyl (C=O) groups is 4. The minimum absolute atomic E-state index is 0.0110. The third-order valence-corrected chi connectivity index (χ3v) is 7.61. The van der Waals surface area contributed by atoms with E-state index in [4.69, 9.17) is 17.3 Å². The number of amides is 3. The number of benzene rings is 3. The number of nitrogens with one attached hydrogen (secondary N) is 2. The van der Waals surface area contributed by atoms with Gasteiger partial charge in [-0.05, 0) is 55.1 Å². The van der Waals surface area contributed by atoms with Crippen molar-refractivity contribution >= 4 is 40.8 Å². The Balaban J connectivity index is 1.50. The van der Waals surface area contributed by atoms with Crippen molar-refractivity contribution in [2.24, 2.45) is 5.73 Å². The number of anilines is 1. The summed E-state index contributed by atoms with van der Waals surface area (Å²) in [6.45, 7) is 0.634. The van der Waals surface area contributed by atoms with Gasteiger partial charge in [0.1, 0.15) is 17.9 Å². The minimum atomic E-state index is -0.948. The summed E-state index contributed by atoms with van der Waals surface area (Å²) in [5, 5.41) is 5.39. The van der Waals surface area contributed by atoms with E-state index in [1.807, 2.05) is 30.3 Å². The van der Waals surface area contributed by atoms with E-state index in [0.29, 0.717) is 31.4 Å². The number of nitrogens with two attached hydrogens (primary N) is 1. The molecule has 10 heteroatoms. The molecule has 0 aliphatic carbocycles. The molecular weight excluding hydrogens is 559 g/mol. The predicted molar refractivity (Wildman–Crippen MR) is 159 cm³/mol. The summed E-state index contributed by atoms with van der Waals surface area (Å²) in [7, 11) is 0. The highest BCUT2D eigenvalue weighted by molar-refractivity contribution is 6.30. The van der Waals surface area contributed by atoms with Gasteiger partial charge in [0.2, 0.25) is 17.7 Å². The molecule has 4 rings (SSSR count). The van der Waals surface area contributed by atoms with Gasteiger partial charge in [-0.2, -0.15) is 0 Å². The lowest BCUT2D eigenvalue weighted by molar-refractivity contribution is -0.142. The first-order chi connectivity index (χ1) is 20.3. The third kappa shape index (κ3) is 8.02. The SMILES string of the molecule is NCCCC[C@H](NC(=O)[C@@H]1Cc2ccccc2CN1C(=O)CCC(=O)c1ccccc1)C(=O)Nc1ccc(Cl)c(F)c1. The molecule has 1 aliphatic heterocycles. The fourth-order valence-corrected chi connectivity index (χ4v) is 5.10. The Kier molecular flexibility index (Phi) is 10.8. The second-order valence-electron chi connectivity index (χ2n) is 10.3. The van der Waals surface area contributed by atoms with Crippen molar-refractivity contribution in [3.63, 3.8) is 0 Å². The maximum Gasteiger partial charge on any atom is 0.246 e. The Morgan fingerprint density at radius 2 is 1.67 bits per heavy atom. The van der Waals surface area contributed by atoms with Gasteiger partial charge >= 0.3 is 0 Å². The third-order valence-electron chi connectivity index (χ3n) is 7.30. The number of ketones is 1. The number of hydrogen-bond acceptors (Lipinski definition) is 5. The van der Waals surface area contributed by atoms with E-state index in [9.17, 15) is 23.6 Å². The Morgan fingerprint density at radius 3 is 2.38 bits per heavy atom. The lowest BCUT2D eigenvalue weighted by Crippen LogP contribution is -2.56. The van der Waals surface area contributed by atoms with Crippen molar-refractivity contribution in [3.05, 3.63) is 100 Å². The highest BCUT2D eigenvalue weighted by Crippen LogP contribution is 2.25. The van der Waals surface area contributed by atoms with Crippen LogP contribution in [0.3, 0.4) is 0 Å². The van der Waals surface area contributed by atoms with E-state index in [1.54, 1.807) is 24.3 Å². The van der Waals surface area contributed by atoms with Crippen LogP contribution in [0.15, 0.2) is 72.8 Å². The smallest absolute Gasteiger partial charge is 0.246 e. The average molecular weight is 593 g/mol. The first kappa shape index (κ1) is 30.9. The van der Waals surface area contributed by atoms with Crippen LogP contribution < -0.4 is 16.4 Å². The molecule has 0 bridgehead atoms. The molecule has 0 radical (unpaired) electrons. The first-order valence-electron chi connectivity index (χ1n) is 14.0. The summed E-state index contributed by atoms with van der Waals surface area (Å²) in [5.41, 5.74) is 8.22. The van der Waals surface area contributed by atoms with Gasteiger partial charge in [0.25, 0.3) is 0 Å². The van der Waals surface area contributed by atoms with Gasteiger partial charge in [0, 0.05) is 37.1 Å². The second kappa shape index (κ2) is 14.7. The topological polar surface area (TPSA) is 122 Å².